The first kappa shape index (κ1) is 28.6. The molecule has 0 atom stereocenters. The average molecular weight is 556 g/mol. The fourth-order valence-corrected chi connectivity index (χ4v) is 5.11. The number of hydrogen-bond acceptors (Lipinski definition) is 4. The molecule has 206 valence electrons. The van der Waals surface area contributed by atoms with Crippen molar-refractivity contribution in [2.75, 3.05) is 21.2 Å². The highest BCUT2D eigenvalue weighted by Gasteiger charge is 2.23. The van der Waals surface area contributed by atoms with Crippen LogP contribution in [0.5, 0.6) is 0 Å². The standard InChI is InChI=1S/C32H33N3O4S/c1-32(2,3)25-19-17-24(18-20-25)30(36)33-26-13-10-14-27(21-26)34-31(37)28-15-8-9-16-29(28)35(40(4,38)39)22-23-11-6-5-7-12-23/h5-21H,22H2,1-4H3,(H,33,36)(H,34,37). The van der Waals surface area contributed by atoms with Gasteiger partial charge in [-0.15, -0.1) is 0 Å². The predicted octanol–water partition coefficient (Wildman–Crippen LogP) is 6.45. The molecule has 0 saturated heterocycles. The Labute approximate surface area is 235 Å². The third kappa shape index (κ3) is 7.15. The van der Waals surface area contributed by atoms with E-state index in [0.29, 0.717) is 16.9 Å². The molecule has 8 heteroatoms. The Morgan fingerprint density at radius 3 is 1.90 bits per heavy atom. The van der Waals surface area contributed by atoms with E-state index in [1.165, 1.54) is 4.31 Å². The maximum absolute atomic E-state index is 13.4. The molecule has 0 aliphatic rings. The van der Waals surface area contributed by atoms with Crippen molar-refractivity contribution < 1.29 is 18.0 Å². The molecule has 0 aliphatic heterocycles. The van der Waals surface area contributed by atoms with Gasteiger partial charge < -0.3 is 10.6 Å². The summed E-state index contributed by atoms with van der Waals surface area (Å²) in [6, 6.07) is 30.0. The van der Waals surface area contributed by atoms with Gasteiger partial charge in [0.25, 0.3) is 11.8 Å². The van der Waals surface area contributed by atoms with Crippen LogP contribution in [0, 0.1) is 0 Å². The van der Waals surface area contributed by atoms with Crippen LogP contribution in [-0.4, -0.2) is 26.5 Å². The van der Waals surface area contributed by atoms with Crippen molar-refractivity contribution in [1.82, 2.24) is 0 Å². The summed E-state index contributed by atoms with van der Waals surface area (Å²) in [4.78, 5) is 26.2. The van der Waals surface area contributed by atoms with Crippen molar-refractivity contribution >= 4 is 38.9 Å². The zero-order valence-electron chi connectivity index (χ0n) is 23.0. The van der Waals surface area contributed by atoms with Crippen molar-refractivity contribution in [2.24, 2.45) is 0 Å². The van der Waals surface area contributed by atoms with E-state index in [0.717, 1.165) is 17.4 Å². The Bertz CT molecular complexity index is 1610. The molecule has 0 bridgehead atoms. The van der Waals surface area contributed by atoms with Gasteiger partial charge in [0.15, 0.2) is 0 Å². The second-order valence-electron chi connectivity index (χ2n) is 10.6. The second kappa shape index (κ2) is 11.8. The largest absolute Gasteiger partial charge is 0.322 e. The summed E-state index contributed by atoms with van der Waals surface area (Å²) in [6.45, 7) is 6.43. The normalized spacial score (nSPS) is 11.5. The van der Waals surface area contributed by atoms with Crippen LogP contribution in [0.25, 0.3) is 0 Å². The molecule has 4 aromatic rings. The van der Waals surface area contributed by atoms with Crippen LogP contribution >= 0.6 is 0 Å². The van der Waals surface area contributed by atoms with Gasteiger partial charge in [-0.2, -0.15) is 0 Å². The Balaban J connectivity index is 1.53. The summed E-state index contributed by atoms with van der Waals surface area (Å²) in [5.41, 5.74) is 3.88. The fraction of sp³-hybridized carbons (Fsp3) is 0.188. The van der Waals surface area contributed by atoms with Crippen molar-refractivity contribution in [3.05, 3.63) is 125 Å². The van der Waals surface area contributed by atoms with Crippen molar-refractivity contribution in [1.29, 1.82) is 0 Å². The van der Waals surface area contributed by atoms with Crippen LogP contribution in [0.3, 0.4) is 0 Å². The van der Waals surface area contributed by atoms with Gasteiger partial charge in [0.1, 0.15) is 0 Å². The lowest BCUT2D eigenvalue weighted by Crippen LogP contribution is -2.31. The van der Waals surface area contributed by atoms with E-state index in [-0.39, 0.29) is 29.1 Å². The van der Waals surface area contributed by atoms with E-state index in [9.17, 15) is 18.0 Å². The van der Waals surface area contributed by atoms with Crippen molar-refractivity contribution in [2.45, 2.75) is 32.7 Å². The lowest BCUT2D eigenvalue weighted by atomic mass is 9.87. The number of amides is 2. The molecular formula is C32H33N3O4S. The number of rotatable bonds is 8. The highest BCUT2D eigenvalue weighted by molar-refractivity contribution is 7.92. The van der Waals surface area contributed by atoms with E-state index in [2.05, 4.69) is 31.4 Å². The molecule has 0 unspecified atom stereocenters. The number of carbonyl (C=O) groups is 2. The number of anilines is 3. The average Bonchev–Trinajstić information content (AvgIpc) is 2.91. The highest BCUT2D eigenvalue weighted by atomic mass is 32.2. The molecule has 2 N–H and O–H groups in total. The molecule has 2 amide bonds. The van der Waals surface area contributed by atoms with Gasteiger partial charge in [-0.3, -0.25) is 13.9 Å². The molecule has 4 aromatic carbocycles. The Morgan fingerprint density at radius 1 is 0.725 bits per heavy atom. The van der Waals surface area contributed by atoms with E-state index in [1.807, 2.05) is 42.5 Å². The first-order valence-electron chi connectivity index (χ1n) is 12.9. The van der Waals surface area contributed by atoms with Crippen LogP contribution in [0.15, 0.2) is 103 Å². The molecule has 0 saturated carbocycles. The summed E-state index contributed by atoms with van der Waals surface area (Å²) in [5.74, 6) is -0.738. The molecule has 4 rings (SSSR count). The maximum atomic E-state index is 13.4. The van der Waals surface area contributed by atoms with E-state index < -0.39 is 15.9 Å². The summed E-state index contributed by atoms with van der Waals surface area (Å²) in [5, 5.41) is 5.70. The van der Waals surface area contributed by atoms with Gasteiger partial charge >= 0.3 is 0 Å². The lowest BCUT2D eigenvalue weighted by Gasteiger charge is -2.25. The van der Waals surface area contributed by atoms with Gasteiger partial charge in [-0.25, -0.2) is 8.42 Å². The van der Waals surface area contributed by atoms with Crippen LogP contribution in [0.4, 0.5) is 17.1 Å². The molecule has 0 fully saturated rings. The topological polar surface area (TPSA) is 95.6 Å². The van der Waals surface area contributed by atoms with Crippen molar-refractivity contribution in [3.8, 4) is 0 Å². The van der Waals surface area contributed by atoms with E-state index in [4.69, 9.17) is 0 Å². The highest BCUT2D eigenvalue weighted by Crippen LogP contribution is 2.27. The van der Waals surface area contributed by atoms with Gasteiger partial charge in [0.2, 0.25) is 10.0 Å². The minimum atomic E-state index is -3.70. The number of nitrogens with zero attached hydrogens (tertiary/aromatic N) is 1. The van der Waals surface area contributed by atoms with E-state index >= 15 is 0 Å². The molecule has 40 heavy (non-hydrogen) atoms. The number of benzene rings is 4. The van der Waals surface area contributed by atoms with Crippen molar-refractivity contribution in [3.63, 3.8) is 0 Å². The van der Waals surface area contributed by atoms with Crippen LogP contribution in [-0.2, 0) is 22.0 Å². The second-order valence-corrected chi connectivity index (χ2v) is 12.5. The Morgan fingerprint density at radius 2 is 1.30 bits per heavy atom. The maximum Gasteiger partial charge on any atom is 0.257 e. The molecule has 0 radical (unpaired) electrons. The molecule has 0 aliphatic carbocycles. The summed E-state index contributed by atoms with van der Waals surface area (Å²) < 4.78 is 26.7. The minimum Gasteiger partial charge on any atom is -0.322 e. The van der Waals surface area contributed by atoms with Crippen LogP contribution < -0.4 is 14.9 Å². The fourth-order valence-electron chi connectivity index (χ4n) is 4.21. The molecule has 0 spiro atoms. The predicted molar refractivity (Wildman–Crippen MR) is 161 cm³/mol. The number of sulfonamides is 1. The summed E-state index contributed by atoms with van der Waals surface area (Å²) in [7, 11) is -3.70. The quantitative estimate of drug-likeness (QED) is 0.261. The van der Waals surface area contributed by atoms with Gasteiger partial charge in [-0.1, -0.05) is 81.4 Å². The first-order valence-corrected chi connectivity index (χ1v) is 14.7. The van der Waals surface area contributed by atoms with E-state index in [1.54, 1.807) is 60.7 Å². The third-order valence-corrected chi connectivity index (χ3v) is 7.50. The lowest BCUT2D eigenvalue weighted by molar-refractivity contribution is 0.101. The smallest absolute Gasteiger partial charge is 0.257 e. The van der Waals surface area contributed by atoms with Gasteiger partial charge in [-0.05, 0) is 59.0 Å². The molecular weight excluding hydrogens is 522 g/mol. The number of para-hydroxylation sites is 1. The van der Waals surface area contributed by atoms with Gasteiger partial charge in [0, 0.05) is 16.9 Å². The molecule has 0 heterocycles. The van der Waals surface area contributed by atoms with Gasteiger partial charge in [0.05, 0.1) is 24.1 Å². The number of carbonyl (C=O) groups excluding carboxylic acids is 2. The zero-order chi connectivity index (χ0) is 28.9. The monoisotopic (exact) mass is 555 g/mol. The summed E-state index contributed by atoms with van der Waals surface area (Å²) >= 11 is 0. The zero-order valence-corrected chi connectivity index (χ0v) is 23.8. The molecule has 0 aromatic heterocycles. The Hall–Kier alpha value is -4.43. The minimum absolute atomic E-state index is 0.0138. The van der Waals surface area contributed by atoms with Crippen LogP contribution in [0.1, 0.15) is 52.6 Å². The third-order valence-electron chi connectivity index (χ3n) is 6.38. The summed E-state index contributed by atoms with van der Waals surface area (Å²) in [6.07, 6.45) is 1.12. The number of nitrogens with one attached hydrogen (secondary N) is 2. The van der Waals surface area contributed by atoms with Crippen LogP contribution in [0.2, 0.25) is 0 Å². The SMILES string of the molecule is CC(C)(C)c1ccc(C(=O)Nc2cccc(NC(=O)c3ccccc3N(Cc3ccccc3)S(C)(=O)=O)c2)cc1. The molecule has 7 nitrogen and oxygen atoms in total. The Kier molecular flexibility index (Phi) is 8.40. The number of hydrogen-bond donors (Lipinski definition) is 2. The first-order chi connectivity index (χ1) is 18.9.